The van der Waals surface area contributed by atoms with E-state index in [0.717, 1.165) is 28.0 Å². The zero-order valence-electron chi connectivity index (χ0n) is 16.0. The fraction of sp³-hybridized carbons (Fsp3) is 0.174. The average molecular weight is 390 g/mol. The SMILES string of the molecule is COc1ccccc1-c1ccc(C[C@H](NC(=O)Cc2cccnc2)C(=O)O)cc1. The predicted octanol–water partition coefficient (Wildman–Crippen LogP) is 3.11. The number of carbonyl (C=O) groups is 2. The first kappa shape index (κ1) is 20.1. The van der Waals surface area contributed by atoms with Gasteiger partial charge in [-0.2, -0.15) is 0 Å². The van der Waals surface area contributed by atoms with Crippen molar-refractivity contribution in [1.29, 1.82) is 0 Å². The minimum atomic E-state index is -1.07. The summed E-state index contributed by atoms with van der Waals surface area (Å²) in [5, 5.41) is 12.1. The van der Waals surface area contributed by atoms with Crippen LogP contribution in [-0.2, 0) is 22.4 Å². The lowest BCUT2D eigenvalue weighted by atomic mass is 10.00. The molecule has 3 rings (SSSR count). The number of carboxylic acid groups (broad SMARTS) is 1. The van der Waals surface area contributed by atoms with Crippen molar-refractivity contribution in [3.8, 4) is 16.9 Å². The highest BCUT2D eigenvalue weighted by Gasteiger charge is 2.20. The van der Waals surface area contributed by atoms with Crippen LogP contribution in [0.25, 0.3) is 11.1 Å². The maximum absolute atomic E-state index is 12.2. The Morgan fingerprint density at radius 1 is 1.03 bits per heavy atom. The number of amides is 1. The van der Waals surface area contributed by atoms with Crippen LogP contribution in [-0.4, -0.2) is 35.1 Å². The molecule has 0 unspecified atom stereocenters. The Morgan fingerprint density at radius 2 is 1.79 bits per heavy atom. The van der Waals surface area contributed by atoms with Gasteiger partial charge >= 0.3 is 5.97 Å². The van der Waals surface area contributed by atoms with Crippen LogP contribution in [0.5, 0.6) is 5.75 Å². The van der Waals surface area contributed by atoms with Gasteiger partial charge in [-0.3, -0.25) is 9.78 Å². The van der Waals surface area contributed by atoms with Crippen LogP contribution in [0.1, 0.15) is 11.1 Å². The van der Waals surface area contributed by atoms with Crippen molar-refractivity contribution < 1.29 is 19.4 Å². The van der Waals surface area contributed by atoms with Gasteiger partial charge in [0.15, 0.2) is 0 Å². The molecule has 6 nitrogen and oxygen atoms in total. The molecule has 0 aliphatic carbocycles. The number of nitrogens with zero attached hydrogens (tertiary/aromatic N) is 1. The van der Waals surface area contributed by atoms with Crippen LogP contribution in [0.4, 0.5) is 0 Å². The molecular weight excluding hydrogens is 368 g/mol. The third-order valence-corrected chi connectivity index (χ3v) is 4.53. The van der Waals surface area contributed by atoms with Crippen molar-refractivity contribution in [3.63, 3.8) is 0 Å². The Bertz CT molecular complexity index is 972. The van der Waals surface area contributed by atoms with Gasteiger partial charge in [0.25, 0.3) is 0 Å². The van der Waals surface area contributed by atoms with E-state index in [1.165, 1.54) is 0 Å². The van der Waals surface area contributed by atoms with Crippen molar-refractivity contribution in [3.05, 3.63) is 84.2 Å². The van der Waals surface area contributed by atoms with Gasteiger partial charge in [0, 0.05) is 24.4 Å². The zero-order chi connectivity index (χ0) is 20.6. The molecule has 3 aromatic rings. The lowest BCUT2D eigenvalue weighted by molar-refractivity contribution is -0.141. The van der Waals surface area contributed by atoms with Crippen molar-refractivity contribution >= 4 is 11.9 Å². The minimum absolute atomic E-state index is 0.0877. The fourth-order valence-electron chi connectivity index (χ4n) is 3.07. The van der Waals surface area contributed by atoms with Gasteiger partial charge in [0.2, 0.25) is 5.91 Å². The third-order valence-electron chi connectivity index (χ3n) is 4.53. The molecule has 1 amide bonds. The predicted molar refractivity (Wildman–Crippen MR) is 110 cm³/mol. The molecule has 1 heterocycles. The second-order valence-electron chi connectivity index (χ2n) is 6.60. The Balaban J connectivity index is 1.67. The van der Waals surface area contributed by atoms with E-state index < -0.39 is 12.0 Å². The van der Waals surface area contributed by atoms with Gasteiger partial charge in [0.05, 0.1) is 13.5 Å². The largest absolute Gasteiger partial charge is 0.496 e. The molecule has 2 aromatic carbocycles. The van der Waals surface area contributed by atoms with Gasteiger partial charge in [-0.25, -0.2) is 4.79 Å². The van der Waals surface area contributed by atoms with E-state index in [1.807, 2.05) is 48.5 Å². The van der Waals surface area contributed by atoms with Gasteiger partial charge in [0.1, 0.15) is 11.8 Å². The number of aliphatic carboxylic acids is 1. The summed E-state index contributed by atoms with van der Waals surface area (Å²) in [7, 11) is 1.62. The molecule has 0 aliphatic rings. The maximum atomic E-state index is 12.2. The summed E-state index contributed by atoms with van der Waals surface area (Å²) in [6.45, 7) is 0. The number of carboxylic acids is 1. The molecule has 0 aliphatic heterocycles. The molecule has 1 atom stereocenters. The second kappa shape index (κ2) is 9.50. The van der Waals surface area contributed by atoms with E-state index in [9.17, 15) is 14.7 Å². The normalized spacial score (nSPS) is 11.5. The van der Waals surface area contributed by atoms with Crippen LogP contribution in [0, 0.1) is 0 Å². The second-order valence-corrected chi connectivity index (χ2v) is 6.60. The lowest BCUT2D eigenvalue weighted by Crippen LogP contribution is -2.43. The molecule has 0 spiro atoms. The Labute approximate surface area is 169 Å². The molecule has 1 aromatic heterocycles. The van der Waals surface area contributed by atoms with E-state index in [1.54, 1.807) is 31.6 Å². The third kappa shape index (κ3) is 5.42. The molecule has 148 valence electrons. The van der Waals surface area contributed by atoms with Gasteiger partial charge in [-0.15, -0.1) is 0 Å². The van der Waals surface area contributed by atoms with Crippen molar-refractivity contribution in [2.75, 3.05) is 7.11 Å². The highest BCUT2D eigenvalue weighted by Crippen LogP contribution is 2.29. The van der Waals surface area contributed by atoms with E-state index in [-0.39, 0.29) is 18.7 Å². The Morgan fingerprint density at radius 3 is 2.45 bits per heavy atom. The first-order chi connectivity index (χ1) is 14.1. The summed E-state index contributed by atoms with van der Waals surface area (Å²) < 4.78 is 5.39. The number of carbonyl (C=O) groups excluding carboxylic acids is 1. The molecule has 29 heavy (non-hydrogen) atoms. The first-order valence-corrected chi connectivity index (χ1v) is 9.20. The molecule has 0 radical (unpaired) electrons. The van der Waals surface area contributed by atoms with Crippen molar-refractivity contribution in [2.24, 2.45) is 0 Å². The summed E-state index contributed by atoms with van der Waals surface area (Å²) >= 11 is 0. The standard InChI is InChI=1S/C23H22N2O4/c1-29-21-7-3-2-6-19(21)18-10-8-16(9-11-18)13-20(23(27)28)25-22(26)14-17-5-4-12-24-15-17/h2-12,15,20H,13-14H2,1H3,(H,25,26)(H,27,28)/t20-/m0/s1. The van der Waals surface area contributed by atoms with E-state index in [2.05, 4.69) is 10.3 Å². The highest BCUT2D eigenvalue weighted by molar-refractivity contribution is 5.85. The molecule has 0 saturated carbocycles. The number of para-hydroxylation sites is 1. The summed E-state index contributed by atoms with van der Waals surface area (Å²) in [5.74, 6) is -0.652. The lowest BCUT2D eigenvalue weighted by Gasteiger charge is -2.15. The Hall–Kier alpha value is -3.67. The van der Waals surface area contributed by atoms with Gasteiger partial charge in [-0.05, 0) is 28.8 Å². The van der Waals surface area contributed by atoms with Crippen LogP contribution in [0.3, 0.4) is 0 Å². The summed E-state index contributed by atoms with van der Waals surface area (Å²) in [6.07, 6.45) is 3.49. The number of aromatic nitrogens is 1. The first-order valence-electron chi connectivity index (χ1n) is 9.20. The topological polar surface area (TPSA) is 88.5 Å². The fourth-order valence-corrected chi connectivity index (χ4v) is 3.07. The van der Waals surface area contributed by atoms with E-state index >= 15 is 0 Å². The van der Waals surface area contributed by atoms with Gasteiger partial charge < -0.3 is 15.2 Å². The molecule has 0 bridgehead atoms. The number of nitrogens with one attached hydrogen (secondary N) is 1. The molecule has 6 heteroatoms. The number of pyridine rings is 1. The molecule has 0 fully saturated rings. The smallest absolute Gasteiger partial charge is 0.326 e. The van der Waals surface area contributed by atoms with Crippen molar-refractivity contribution in [1.82, 2.24) is 10.3 Å². The number of rotatable bonds is 8. The number of benzene rings is 2. The van der Waals surface area contributed by atoms with Crippen LogP contribution in [0.2, 0.25) is 0 Å². The van der Waals surface area contributed by atoms with Gasteiger partial charge in [-0.1, -0.05) is 48.5 Å². The number of hydrogen-bond acceptors (Lipinski definition) is 4. The highest BCUT2D eigenvalue weighted by atomic mass is 16.5. The monoisotopic (exact) mass is 390 g/mol. The quantitative estimate of drug-likeness (QED) is 0.617. The molecule has 2 N–H and O–H groups in total. The summed E-state index contributed by atoms with van der Waals surface area (Å²) in [5.41, 5.74) is 3.48. The number of ether oxygens (including phenoxy) is 1. The summed E-state index contributed by atoms with van der Waals surface area (Å²) in [4.78, 5) is 27.8. The van der Waals surface area contributed by atoms with Crippen LogP contribution >= 0.6 is 0 Å². The maximum Gasteiger partial charge on any atom is 0.326 e. The van der Waals surface area contributed by atoms with Crippen LogP contribution in [0.15, 0.2) is 73.1 Å². The number of methoxy groups -OCH3 is 1. The van der Waals surface area contributed by atoms with E-state index in [0.29, 0.717) is 0 Å². The van der Waals surface area contributed by atoms with Crippen LogP contribution < -0.4 is 10.1 Å². The average Bonchev–Trinajstić information content (AvgIpc) is 2.74. The zero-order valence-corrected chi connectivity index (χ0v) is 16.0. The number of hydrogen-bond donors (Lipinski definition) is 2. The van der Waals surface area contributed by atoms with Crippen molar-refractivity contribution in [2.45, 2.75) is 18.9 Å². The summed E-state index contributed by atoms with van der Waals surface area (Å²) in [6, 6.07) is 17.8. The Kier molecular flexibility index (Phi) is 6.58. The minimum Gasteiger partial charge on any atom is -0.496 e. The molecular formula is C23H22N2O4. The molecule has 0 saturated heterocycles. The van der Waals surface area contributed by atoms with E-state index in [4.69, 9.17) is 4.74 Å².